The van der Waals surface area contributed by atoms with Crippen molar-refractivity contribution in [3.8, 4) is 11.5 Å². The molecule has 0 bridgehead atoms. The van der Waals surface area contributed by atoms with Gasteiger partial charge in [0.25, 0.3) is 0 Å². The van der Waals surface area contributed by atoms with Gasteiger partial charge in [0, 0.05) is 54.7 Å². The summed E-state index contributed by atoms with van der Waals surface area (Å²) in [5.74, 6) is 1.98. The van der Waals surface area contributed by atoms with Gasteiger partial charge in [0.2, 0.25) is 6.71 Å². The van der Waals surface area contributed by atoms with Gasteiger partial charge in [0.05, 0.1) is 33.1 Å². The van der Waals surface area contributed by atoms with Gasteiger partial charge in [-0.1, -0.05) is 170 Å². The number of aromatic nitrogens is 4. The fourth-order valence-corrected chi connectivity index (χ4v) is 9.88. The predicted molar refractivity (Wildman–Crippen MR) is 279 cm³/mol. The summed E-state index contributed by atoms with van der Waals surface area (Å²) < 4.78 is 7.02. The molecule has 0 atom stereocenters. The van der Waals surface area contributed by atoms with E-state index in [9.17, 15) is 0 Å². The Morgan fingerprint density at radius 1 is 0.500 bits per heavy atom. The van der Waals surface area contributed by atoms with E-state index in [4.69, 9.17) is 15.0 Å². The van der Waals surface area contributed by atoms with E-state index in [0.717, 1.165) is 66.5 Å². The molecule has 0 aliphatic rings. The first kappa shape index (κ1) is 39.0. The largest absolute Gasteiger partial charge is 0.319 e. The first-order valence-electron chi connectivity index (χ1n) is 22.3. The minimum atomic E-state index is 0.0357. The highest BCUT2D eigenvalue weighted by Crippen LogP contribution is 2.40. The van der Waals surface area contributed by atoms with Crippen molar-refractivity contribution in [2.45, 2.75) is 13.5 Å². The Bertz CT molecular complexity index is 3880. The molecule has 0 saturated carbocycles. The fourth-order valence-electron chi connectivity index (χ4n) is 9.88. The molecule has 8 aromatic carbocycles. The van der Waals surface area contributed by atoms with Crippen LogP contribution in [0.1, 0.15) is 11.1 Å². The van der Waals surface area contributed by atoms with Crippen molar-refractivity contribution in [3.63, 3.8) is 0 Å². The van der Waals surface area contributed by atoms with Crippen LogP contribution in [0, 0.1) is 0 Å². The molecule has 0 amide bonds. The van der Waals surface area contributed by atoms with Crippen LogP contribution in [-0.2, 0) is 6.67 Å². The maximum atomic E-state index is 5.49. The number of fused-ring (bicyclic) bond motifs is 10. The number of amidine groups is 2. The summed E-state index contributed by atoms with van der Waals surface area (Å²) in [7, 11) is 0. The lowest BCUT2D eigenvalue weighted by molar-refractivity contribution is 0.793. The van der Waals surface area contributed by atoms with Gasteiger partial charge in [0.15, 0.2) is 11.7 Å². The van der Waals surface area contributed by atoms with Crippen LogP contribution in [0.3, 0.4) is 0 Å². The molecular formula is C58H42BN7. The van der Waals surface area contributed by atoms with Gasteiger partial charge in [-0.2, -0.15) is 0 Å². The van der Waals surface area contributed by atoms with Crippen LogP contribution in [0.25, 0.3) is 76.9 Å². The van der Waals surface area contributed by atoms with Crippen molar-refractivity contribution in [1.29, 1.82) is 0 Å². The molecule has 12 aromatic rings. The molecule has 12 rings (SSSR count). The molecule has 0 aliphatic carbocycles. The Morgan fingerprint density at radius 2 is 1.08 bits per heavy atom. The Morgan fingerprint density at radius 3 is 1.79 bits per heavy atom. The zero-order valence-corrected chi connectivity index (χ0v) is 36.3. The second-order valence-corrected chi connectivity index (χ2v) is 16.7. The number of benzene rings is 8. The smallest absolute Gasteiger partial charge is 0.230 e. The molecule has 4 heterocycles. The van der Waals surface area contributed by atoms with Crippen LogP contribution in [0.15, 0.2) is 227 Å². The van der Waals surface area contributed by atoms with Crippen LogP contribution < -0.4 is 11.1 Å². The summed E-state index contributed by atoms with van der Waals surface area (Å²) >= 11 is 0. The van der Waals surface area contributed by atoms with Gasteiger partial charge in [-0.05, 0) is 61.3 Å². The average molecular weight is 848 g/mol. The number of aliphatic imine (C=N–C) groups is 3. The Kier molecular flexibility index (Phi) is 9.57. The minimum Gasteiger partial charge on any atom is -0.319 e. The quantitative estimate of drug-likeness (QED) is 0.0853. The van der Waals surface area contributed by atoms with Crippen LogP contribution in [0.5, 0.6) is 0 Å². The maximum absolute atomic E-state index is 5.49. The molecule has 0 radical (unpaired) electrons. The molecule has 0 saturated heterocycles. The van der Waals surface area contributed by atoms with E-state index >= 15 is 0 Å². The van der Waals surface area contributed by atoms with Crippen molar-refractivity contribution in [1.82, 2.24) is 18.7 Å². The van der Waals surface area contributed by atoms with Gasteiger partial charge in [-0.3, -0.25) is 4.57 Å². The van der Waals surface area contributed by atoms with E-state index < -0.39 is 0 Å². The zero-order valence-electron chi connectivity index (χ0n) is 36.3. The minimum absolute atomic E-state index is 0.0357. The van der Waals surface area contributed by atoms with Gasteiger partial charge >= 0.3 is 0 Å². The number of hydrogen-bond acceptors (Lipinski definition) is 2. The van der Waals surface area contributed by atoms with Crippen LogP contribution >= 0.6 is 0 Å². The van der Waals surface area contributed by atoms with Gasteiger partial charge < -0.3 is 9.13 Å². The number of rotatable bonds is 8. The molecule has 66 heavy (non-hydrogen) atoms. The first-order valence-corrected chi connectivity index (χ1v) is 22.3. The Balaban J connectivity index is 1.00. The third kappa shape index (κ3) is 6.45. The van der Waals surface area contributed by atoms with Crippen LogP contribution in [0.2, 0.25) is 6.82 Å². The van der Waals surface area contributed by atoms with Crippen LogP contribution in [-0.4, -0.2) is 43.8 Å². The molecule has 0 aliphatic heterocycles. The summed E-state index contributed by atoms with van der Waals surface area (Å²) in [6, 6.07) is 74.5. The summed E-state index contributed by atoms with van der Waals surface area (Å²) in [6.45, 7) is 6.51. The Hall–Kier alpha value is -8.62. The van der Waals surface area contributed by atoms with Gasteiger partial charge in [-0.25, -0.2) is 20.0 Å². The summed E-state index contributed by atoms with van der Waals surface area (Å²) in [5.41, 5.74) is 11.9. The monoisotopic (exact) mass is 847 g/mol. The second kappa shape index (κ2) is 16.2. The third-order valence-corrected chi connectivity index (χ3v) is 13.0. The van der Waals surface area contributed by atoms with Crippen molar-refractivity contribution in [2.24, 2.45) is 15.0 Å². The summed E-state index contributed by atoms with van der Waals surface area (Å²) in [4.78, 5) is 20.2. The van der Waals surface area contributed by atoms with E-state index in [-0.39, 0.29) is 6.71 Å². The Labute approximate surface area is 382 Å². The molecular weight excluding hydrogens is 805 g/mol. The molecule has 0 spiro atoms. The zero-order chi connectivity index (χ0) is 44.1. The average Bonchev–Trinajstić information content (AvgIpc) is 4.02. The van der Waals surface area contributed by atoms with Gasteiger partial charge in [0.1, 0.15) is 12.5 Å². The SMILES string of the molecule is C=NC(=N/C(=N\Cn1c2ccccc2c2ccc3c(c4ccccc4n3-c3cccc(B(C)c4ccc5c(c4)c4ccccc4n5-c4ccccc4)n3)c21)c1ccccc1)c1ccccc1. The van der Waals surface area contributed by atoms with Crippen molar-refractivity contribution < 1.29 is 0 Å². The number of para-hydroxylation sites is 4. The van der Waals surface area contributed by atoms with Crippen LogP contribution in [0.4, 0.5) is 0 Å². The molecule has 0 unspecified atom stereocenters. The summed E-state index contributed by atoms with van der Waals surface area (Å²) in [5, 5.41) is 7.10. The number of pyridine rings is 1. The second-order valence-electron chi connectivity index (χ2n) is 16.7. The van der Waals surface area contributed by atoms with E-state index in [1.165, 1.54) is 32.7 Å². The normalized spacial score (nSPS) is 12.3. The van der Waals surface area contributed by atoms with Crippen molar-refractivity contribution in [2.75, 3.05) is 0 Å². The van der Waals surface area contributed by atoms with Gasteiger partial charge in [-0.15, -0.1) is 0 Å². The highest BCUT2D eigenvalue weighted by molar-refractivity contribution is 6.83. The number of hydrogen-bond donors (Lipinski definition) is 0. The first-order chi connectivity index (χ1) is 32.6. The van der Waals surface area contributed by atoms with Crippen molar-refractivity contribution in [3.05, 3.63) is 223 Å². The van der Waals surface area contributed by atoms with E-state index in [2.05, 4.69) is 184 Å². The van der Waals surface area contributed by atoms with E-state index in [1.54, 1.807) is 0 Å². The topological polar surface area (TPSA) is 64.8 Å². The lowest BCUT2D eigenvalue weighted by atomic mass is 9.44. The highest BCUT2D eigenvalue weighted by atomic mass is 15.1. The molecule has 4 aromatic heterocycles. The van der Waals surface area contributed by atoms with E-state index in [1.807, 2.05) is 60.7 Å². The lowest BCUT2D eigenvalue weighted by Crippen LogP contribution is -2.41. The fraction of sp³-hybridized carbons (Fsp3) is 0.0345. The van der Waals surface area contributed by atoms with Crippen molar-refractivity contribution >= 4 is 102 Å². The third-order valence-electron chi connectivity index (χ3n) is 13.0. The molecule has 312 valence electrons. The standard InChI is InChI=1S/C58H42BN7/c1-59(41-33-35-51-47(37-41)44-26-13-16-29-49(44)65(51)42-23-10-5-11-24-42)53-31-18-32-54(62-53)66-50-30-17-14-27-46(50)55-52(66)36-34-45-43-25-12-15-28-48(43)64(56(45)55)38-61-58(40-21-8-4-9-22-40)63-57(60-2)39-19-6-3-7-20-39/h3-37H,2,38H2,1H3/b61-58-,63-57?. The molecule has 0 fully saturated rings. The lowest BCUT2D eigenvalue weighted by Gasteiger charge is -2.13. The summed E-state index contributed by atoms with van der Waals surface area (Å²) in [6.07, 6.45) is 0. The number of nitrogens with zero attached hydrogens (tertiary/aromatic N) is 7. The molecule has 0 N–H and O–H groups in total. The molecule has 7 nitrogen and oxygen atoms in total. The molecule has 8 heteroatoms. The maximum Gasteiger partial charge on any atom is 0.230 e. The predicted octanol–water partition coefficient (Wildman–Crippen LogP) is 12.2. The van der Waals surface area contributed by atoms with E-state index in [0.29, 0.717) is 18.3 Å². The highest BCUT2D eigenvalue weighted by Gasteiger charge is 2.23.